The summed E-state index contributed by atoms with van der Waals surface area (Å²) in [6, 6.07) is 18.2. The lowest BCUT2D eigenvalue weighted by Crippen LogP contribution is -2.30. The van der Waals surface area contributed by atoms with Crippen molar-refractivity contribution in [1.82, 2.24) is 5.01 Å². The average Bonchev–Trinajstić information content (AvgIpc) is 2.95. The maximum Gasteiger partial charge on any atom is 0.186 e. The normalized spacial score (nSPS) is 17.4. The van der Waals surface area contributed by atoms with Gasteiger partial charge in [-0.05, 0) is 35.5 Å². The van der Waals surface area contributed by atoms with E-state index in [0.717, 1.165) is 17.2 Å². The fourth-order valence-electron chi connectivity index (χ4n) is 2.64. The largest absolute Gasteiger partial charge is 0.375 e. The highest BCUT2D eigenvalue weighted by atomic mass is 35.5. The van der Waals surface area contributed by atoms with E-state index in [9.17, 15) is 0 Å². The smallest absolute Gasteiger partial charge is 0.186 e. The molecular formula is C17H16ClN3S. The number of nitrogens with zero attached hydrogens (tertiary/aromatic N) is 2. The number of rotatable bonds is 3. The average molecular weight is 330 g/mol. The second-order valence-corrected chi connectivity index (χ2v) is 6.13. The third-order valence-corrected chi connectivity index (χ3v) is 4.22. The predicted octanol–water partition coefficient (Wildman–Crippen LogP) is 3.58. The number of hydrogen-bond acceptors (Lipinski definition) is 2. The SMILES string of the molecule is NC(=S)N1CC(c2ccccc2)C(Cc2ccc(Cl)cc2)=N1. The van der Waals surface area contributed by atoms with Gasteiger partial charge in [-0.3, -0.25) is 0 Å². The lowest BCUT2D eigenvalue weighted by molar-refractivity contribution is 0.479. The summed E-state index contributed by atoms with van der Waals surface area (Å²) in [5, 5.41) is 7.37. The van der Waals surface area contributed by atoms with Gasteiger partial charge < -0.3 is 5.73 Å². The summed E-state index contributed by atoms with van der Waals surface area (Å²) in [7, 11) is 0. The van der Waals surface area contributed by atoms with Crippen LogP contribution in [0.25, 0.3) is 0 Å². The van der Waals surface area contributed by atoms with Gasteiger partial charge in [0.25, 0.3) is 0 Å². The first-order valence-corrected chi connectivity index (χ1v) is 7.86. The van der Waals surface area contributed by atoms with Gasteiger partial charge in [-0.1, -0.05) is 54.1 Å². The van der Waals surface area contributed by atoms with E-state index in [4.69, 9.17) is 29.6 Å². The van der Waals surface area contributed by atoms with Gasteiger partial charge in [0, 0.05) is 17.4 Å². The van der Waals surface area contributed by atoms with E-state index in [0.29, 0.717) is 11.7 Å². The van der Waals surface area contributed by atoms with E-state index in [2.05, 4.69) is 17.2 Å². The van der Waals surface area contributed by atoms with E-state index in [-0.39, 0.29) is 5.92 Å². The van der Waals surface area contributed by atoms with Crippen molar-refractivity contribution in [1.29, 1.82) is 0 Å². The van der Waals surface area contributed by atoms with Crippen LogP contribution >= 0.6 is 23.8 Å². The molecule has 0 aromatic heterocycles. The van der Waals surface area contributed by atoms with Gasteiger partial charge in [-0.2, -0.15) is 5.10 Å². The molecule has 1 atom stereocenters. The summed E-state index contributed by atoms with van der Waals surface area (Å²) in [5.41, 5.74) is 9.22. The van der Waals surface area contributed by atoms with Gasteiger partial charge in [-0.25, -0.2) is 5.01 Å². The molecule has 1 unspecified atom stereocenters. The summed E-state index contributed by atoms with van der Waals surface area (Å²) >= 11 is 11.0. The Labute approximate surface area is 140 Å². The molecule has 0 bridgehead atoms. The minimum absolute atomic E-state index is 0.207. The van der Waals surface area contributed by atoms with Crippen LogP contribution in [0.1, 0.15) is 17.0 Å². The Bertz CT molecular complexity index is 698. The summed E-state index contributed by atoms with van der Waals surface area (Å²) in [5.74, 6) is 0.207. The highest BCUT2D eigenvalue weighted by Crippen LogP contribution is 2.27. The van der Waals surface area contributed by atoms with E-state index >= 15 is 0 Å². The van der Waals surface area contributed by atoms with Crippen molar-refractivity contribution in [3.8, 4) is 0 Å². The first-order valence-electron chi connectivity index (χ1n) is 7.07. The van der Waals surface area contributed by atoms with Crippen molar-refractivity contribution in [2.75, 3.05) is 6.54 Å². The number of nitrogens with two attached hydrogens (primary N) is 1. The van der Waals surface area contributed by atoms with Gasteiger partial charge in [0.15, 0.2) is 5.11 Å². The van der Waals surface area contributed by atoms with Crippen LogP contribution < -0.4 is 5.73 Å². The molecule has 3 nitrogen and oxygen atoms in total. The first kappa shape index (κ1) is 15.0. The number of thiocarbonyl (C=S) groups is 1. The molecule has 0 spiro atoms. The minimum atomic E-state index is 0.207. The fraction of sp³-hybridized carbons (Fsp3) is 0.176. The second kappa shape index (κ2) is 6.46. The molecule has 112 valence electrons. The van der Waals surface area contributed by atoms with Crippen LogP contribution in [0.5, 0.6) is 0 Å². The topological polar surface area (TPSA) is 41.6 Å². The molecule has 2 aromatic carbocycles. The Balaban J connectivity index is 1.88. The van der Waals surface area contributed by atoms with Crippen molar-refractivity contribution in [2.45, 2.75) is 12.3 Å². The number of hydrogen-bond donors (Lipinski definition) is 1. The van der Waals surface area contributed by atoms with Gasteiger partial charge >= 0.3 is 0 Å². The molecular weight excluding hydrogens is 314 g/mol. The lowest BCUT2D eigenvalue weighted by atomic mass is 9.91. The van der Waals surface area contributed by atoms with E-state index < -0.39 is 0 Å². The summed E-state index contributed by atoms with van der Waals surface area (Å²) in [4.78, 5) is 0. The van der Waals surface area contributed by atoms with Crippen molar-refractivity contribution in [3.63, 3.8) is 0 Å². The van der Waals surface area contributed by atoms with E-state index in [1.807, 2.05) is 42.5 Å². The Morgan fingerprint density at radius 1 is 1.18 bits per heavy atom. The molecule has 0 saturated carbocycles. The minimum Gasteiger partial charge on any atom is -0.375 e. The van der Waals surface area contributed by atoms with Gasteiger partial charge in [0.05, 0.1) is 12.3 Å². The van der Waals surface area contributed by atoms with Crippen LogP contribution in [-0.4, -0.2) is 22.4 Å². The third kappa shape index (κ3) is 3.29. The molecule has 1 heterocycles. The molecule has 1 aliphatic heterocycles. The Hall–Kier alpha value is -1.91. The first-order chi connectivity index (χ1) is 10.6. The maximum atomic E-state index is 5.95. The molecule has 0 fully saturated rings. The van der Waals surface area contributed by atoms with Gasteiger partial charge in [0.2, 0.25) is 0 Å². The molecule has 0 amide bonds. The standard InChI is InChI=1S/C17H16ClN3S/c18-14-8-6-12(7-9-14)10-16-15(11-21(20-16)17(19)22)13-4-2-1-3-5-13/h1-9,15H,10-11H2,(H2,19,22). The van der Waals surface area contributed by atoms with Crippen LogP contribution in [0.4, 0.5) is 0 Å². The predicted molar refractivity (Wildman–Crippen MR) is 95.3 cm³/mol. The molecule has 5 heteroatoms. The highest BCUT2D eigenvalue weighted by Gasteiger charge is 2.29. The summed E-state index contributed by atoms with van der Waals surface area (Å²) in [6.07, 6.45) is 0.760. The summed E-state index contributed by atoms with van der Waals surface area (Å²) in [6.45, 7) is 0.697. The van der Waals surface area contributed by atoms with Crippen LogP contribution in [0.2, 0.25) is 5.02 Å². The lowest BCUT2D eigenvalue weighted by Gasteiger charge is -2.14. The molecule has 2 aromatic rings. The molecule has 3 rings (SSSR count). The fourth-order valence-corrected chi connectivity index (χ4v) is 2.88. The molecule has 0 saturated heterocycles. The van der Waals surface area contributed by atoms with Crippen molar-refractivity contribution >= 4 is 34.6 Å². The third-order valence-electron chi connectivity index (χ3n) is 3.76. The zero-order valence-corrected chi connectivity index (χ0v) is 13.5. The van der Waals surface area contributed by atoms with Crippen LogP contribution in [0.15, 0.2) is 59.7 Å². The molecule has 0 aliphatic carbocycles. The Morgan fingerprint density at radius 3 is 2.50 bits per heavy atom. The monoisotopic (exact) mass is 329 g/mol. The second-order valence-electron chi connectivity index (χ2n) is 5.28. The molecule has 1 aliphatic rings. The zero-order chi connectivity index (χ0) is 15.5. The Kier molecular flexibility index (Phi) is 4.41. The molecule has 22 heavy (non-hydrogen) atoms. The van der Waals surface area contributed by atoms with Crippen LogP contribution in [0, 0.1) is 0 Å². The Morgan fingerprint density at radius 2 is 1.86 bits per heavy atom. The number of benzene rings is 2. The molecule has 0 radical (unpaired) electrons. The molecule has 2 N–H and O–H groups in total. The number of halogens is 1. The van der Waals surface area contributed by atoms with Crippen molar-refractivity contribution < 1.29 is 0 Å². The van der Waals surface area contributed by atoms with Crippen LogP contribution in [-0.2, 0) is 6.42 Å². The summed E-state index contributed by atoms with van der Waals surface area (Å²) < 4.78 is 0. The van der Waals surface area contributed by atoms with Crippen molar-refractivity contribution in [2.24, 2.45) is 10.8 Å². The zero-order valence-electron chi connectivity index (χ0n) is 11.9. The van der Waals surface area contributed by atoms with Gasteiger partial charge in [0.1, 0.15) is 0 Å². The van der Waals surface area contributed by atoms with Gasteiger partial charge in [-0.15, -0.1) is 0 Å². The highest BCUT2D eigenvalue weighted by molar-refractivity contribution is 7.80. The quantitative estimate of drug-likeness (QED) is 0.875. The van der Waals surface area contributed by atoms with Crippen LogP contribution in [0.3, 0.4) is 0 Å². The van der Waals surface area contributed by atoms with E-state index in [1.165, 1.54) is 11.1 Å². The maximum absolute atomic E-state index is 5.95. The van der Waals surface area contributed by atoms with E-state index in [1.54, 1.807) is 5.01 Å². The number of hydrazone groups is 1. The van der Waals surface area contributed by atoms with Crippen molar-refractivity contribution in [3.05, 3.63) is 70.7 Å².